The van der Waals surface area contributed by atoms with E-state index in [2.05, 4.69) is 37.9 Å². The lowest BCUT2D eigenvalue weighted by atomic mass is 10.0. The van der Waals surface area contributed by atoms with Crippen LogP contribution in [0.4, 0.5) is 0 Å². The van der Waals surface area contributed by atoms with Crippen molar-refractivity contribution in [3.63, 3.8) is 0 Å². The summed E-state index contributed by atoms with van der Waals surface area (Å²) in [5.74, 6) is 0. The first-order valence-electron chi connectivity index (χ1n) is 3.86. The highest BCUT2D eigenvalue weighted by atomic mass is 79.9. The Labute approximate surface area is 95.0 Å². The summed E-state index contributed by atoms with van der Waals surface area (Å²) in [6.45, 7) is 4.02. The number of nitriles is 1. The minimum atomic E-state index is -0.209. The van der Waals surface area contributed by atoms with Gasteiger partial charge in [-0.3, -0.25) is 0 Å². The molecule has 0 spiro atoms. The molecule has 0 amide bonds. The number of alkyl halides is 1. The van der Waals surface area contributed by atoms with Crippen LogP contribution in [0.3, 0.4) is 0 Å². The molecule has 0 saturated heterocycles. The maximum atomic E-state index is 8.76. The van der Waals surface area contributed by atoms with Crippen molar-refractivity contribution in [3.8, 4) is 6.07 Å². The molecule has 0 fully saturated rings. The summed E-state index contributed by atoms with van der Waals surface area (Å²) >= 11 is 6.77. The van der Waals surface area contributed by atoms with Crippen LogP contribution in [-0.4, -0.2) is 0 Å². The van der Waals surface area contributed by atoms with E-state index >= 15 is 0 Å². The van der Waals surface area contributed by atoms with Crippen molar-refractivity contribution in [2.24, 2.45) is 0 Å². The van der Waals surface area contributed by atoms with Crippen LogP contribution < -0.4 is 0 Å². The predicted molar refractivity (Wildman–Crippen MR) is 60.9 cm³/mol. The lowest BCUT2D eigenvalue weighted by Crippen LogP contribution is -1.92. The molecule has 0 N–H and O–H groups in total. The summed E-state index contributed by atoms with van der Waals surface area (Å²) in [5, 5.41) is 8.76. The van der Waals surface area contributed by atoms with Crippen LogP contribution in [0, 0.1) is 25.2 Å². The Morgan fingerprint density at radius 3 is 2.46 bits per heavy atom. The molecule has 1 unspecified atom stereocenters. The van der Waals surface area contributed by atoms with Gasteiger partial charge in [-0.25, -0.2) is 0 Å². The van der Waals surface area contributed by atoms with Gasteiger partial charge >= 0.3 is 0 Å². The zero-order valence-electron chi connectivity index (χ0n) is 7.44. The molecule has 13 heavy (non-hydrogen) atoms. The summed E-state index contributed by atoms with van der Waals surface area (Å²) < 4.78 is 1.09. The van der Waals surface area contributed by atoms with E-state index in [1.54, 1.807) is 0 Å². The SMILES string of the molecule is Cc1cc(C(Br)C#N)c(C)cc1Br. The predicted octanol–water partition coefficient (Wildman–Crippen LogP) is 4.03. The van der Waals surface area contributed by atoms with Crippen LogP contribution in [0.5, 0.6) is 0 Å². The van der Waals surface area contributed by atoms with E-state index in [1.807, 2.05) is 26.0 Å². The van der Waals surface area contributed by atoms with Crippen LogP contribution in [0.2, 0.25) is 0 Å². The van der Waals surface area contributed by atoms with Crippen molar-refractivity contribution in [1.82, 2.24) is 0 Å². The average Bonchev–Trinajstić information content (AvgIpc) is 2.10. The highest BCUT2D eigenvalue weighted by Gasteiger charge is 2.10. The number of rotatable bonds is 1. The van der Waals surface area contributed by atoms with Crippen molar-refractivity contribution in [1.29, 1.82) is 5.26 Å². The maximum absolute atomic E-state index is 8.76. The smallest absolute Gasteiger partial charge is 0.126 e. The van der Waals surface area contributed by atoms with Gasteiger partial charge in [0.05, 0.1) is 6.07 Å². The van der Waals surface area contributed by atoms with Crippen molar-refractivity contribution < 1.29 is 0 Å². The highest BCUT2D eigenvalue weighted by Crippen LogP contribution is 2.29. The fraction of sp³-hybridized carbons (Fsp3) is 0.300. The Balaban J connectivity index is 3.25. The molecular formula is C10H9Br2N. The Morgan fingerprint density at radius 2 is 1.92 bits per heavy atom. The molecule has 0 aliphatic heterocycles. The molecular weight excluding hydrogens is 294 g/mol. The first kappa shape index (κ1) is 10.7. The first-order valence-corrected chi connectivity index (χ1v) is 5.57. The van der Waals surface area contributed by atoms with E-state index < -0.39 is 0 Å². The second-order valence-electron chi connectivity index (χ2n) is 2.95. The van der Waals surface area contributed by atoms with Crippen LogP contribution >= 0.6 is 31.9 Å². The van der Waals surface area contributed by atoms with Crippen molar-refractivity contribution in [2.45, 2.75) is 18.7 Å². The lowest BCUT2D eigenvalue weighted by molar-refractivity contribution is 1.18. The van der Waals surface area contributed by atoms with E-state index in [0.717, 1.165) is 21.2 Å². The second-order valence-corrected chi connectivity index (χ2v) is 4.72. The normalized spacial score (nSPS) is 12.2. The van der Waals surface area contributed by atoms with Gasteiger partial charge in [0.15, 0.2) is 0 Å². The highest BCUT2D eigenvalue weighted by molar-refractivity contribution is 9.10. The van der Waals surface area contributed by atoms with Crippen LogP contribution in [0.25, 0.3) is 0 Å². The summed E-state index contributed by atoms with van der Waals surface area (Å²) in [6.07, 6.45) is 0. The van der Waals surface area contributed by atoms with E-state index in [-0.39, 0.29) is 4.83 Å². The zero-order chi connectivity index (χ0) is 10.0. The quantitative estimate of drug-likeness (QED) is 0.719. The first-order chi connectivity index (χ1) is 6.06. The molecule has 0 aromatic heterocycles. The fourth-order valence-electron chi connectivity index (χ4n) is 1.15. The number of benzene rings is 1. The Morgan fingerprint density at radius 1 is 1.31 bits per heavy atom. The third-order valence-corrected chi connectivity index (χ3v) is 3.49. The van der Waals surface area contributed by atoms with Crippen LogP contribution in [-0.2, 0) is 0 Å². The zero-order valence-corrected chi connectivity index (χ0v) is 10.6. The lowest BCUT2D eigenvalue weighted by Gasteiger charge is -2.08. The molecule has 1 aromatic rings. The topological polar surface area (TPSA) is 23.8 Å². The van der Waals surface area contributed by atoms with Gasteiger partial charge in [-0.15, -0.1) is 0 Å². The van der Waals surface area contributed by atoms with Crippen molar-refractivity contribution >= 4 is 31.9 Å². The number of halogens is 2. The summed E-state index contributed by atoms with van der Waals surface area (Å²) in [4.78, 5) is -0.209. The molecule has 3 heteroatoms. The van der Waals surface area contributed by atoms with Gasteiger partial charge in [-0.1, -0.05) is 37.9 Å². The van der Waals surface area contributed by atoms with Crippen molar-refractivity contribution in [2.75, 3.05) is 0 Å². The van der Waals surface area contributed by atoms with E-state index in [9.17, 15) is 0 Å². The summed E-state index contributed by atoms with van der Waals surface area (Å²) in [5.41, 5.74) is 3.32. The largest absolute Gasteiger partial charge is 0.197 e. The number of aryl methyl sites for hydroxylation is 2. The van der Waals surface area contributed by atoms with Crippen LogP contribution in [0.1, 0.15) is 21.5 Å². The Bertz CT molecular complexity index is 366. The molecule has 68 valence electrons. The van der Waals surface area contributed by atoms with Gasteiger partial charge in [-0.2, -0.15) is 5.26 Å². The minimum absolute atomic E-state index is 0.209. The number of hydrogen-bond acceptors (Lipinski definition) is 1. The van der Waals surface area contributed by atoms with Crippen molar-refractivity contribution in [3.05, 3.63) is 33.3 Å². The molecule has 0 bridgehead atoms. The molecule has 1 nitrogen and oxygen atoms in total. The van der Waals surface area contributed by atoms with Gasteiger partial charge in [0.25, 0.3) is 0 Å². The third-order valence-electron chi connectivity index (χ3n) is 1.93. The fourth-order valence-corrected chi connectivity index (χ4v) is 2.10. The third kappa shape index (κ3) is 2.32. The van der Waals surface area contributed by atoms with E-state index in [0.29, 0.717) is 0 Å². The maximum Gasteiger partial charge on any atom is 0.126 e. The van der Waals surface area contributed by atoms with Gasteiger partial charge < -0.3 is 0 Å². The molecule has 0 heterocycles. The molecule has 0 saturated carbocycles. The Hall–Kier alpha value is -0.330. The summed E-state index contributed by atoms with van der Waals surface area (Å²) in [6, 6.07) is 6.24. The van der Waals surface area contributed by atoms with E-state index in [4.69, 9.17) is 5.26 Å². The summed E-state index contributed by atoms with van der Waals surface area (Å²) in [7, 11) is 0. The van der Waals surface area contributed by atoms with Gasteiger partial charge in [0.1, 0.15) is 4.83 Å². The van der Waals surface area contributed by atoms with Crippen LogP contribution in [0.15, 0.2) is 16.6 Å². The molecule has 0 aliphatic carbocycles. The molecule has 0 radical (unpaired) electrons. The number of nitrogens with zero attached hydrogens (tertiary/aromatic N) is 1. The van der Waals surface area contributed by atoms with E-state index in [1.165, 1.54) is 0 Å². The second kappa shape index (κ2) is 4.26. The minimum Gasteiger partial charge on any atom is -0.197 e. The van der Waals surface area contributed by atoms with Gasteiger partial charge in [-0.05, 0) is 36.6 Å². The Kier molecular flexibility index (Phi) is 3.52. The van der Waals surface area contributed by atoms with Gasteiger partial charge in [0.2, 0.25) is 0 Å². The molecule has 1 rings (SSSR count). The molecule has 1 atom stereocenters. The average molecular weight is 303 g/mol. The monoisotopic (exact) mass is 301 g/mol. The molecule has 1 aromatic carbocycles. The standard InChI is InChI=1S/C10H9Br2N/c1-6-4-9(11)7(2)3-8(6)10(12)5-13/h3-4,10H,1-2H3. The molecule has 0 aliphatic rings. The van der Waals surface area contributed by atoms with Gasteiger partial charge in [0, 0.05) is 4.47 Å². The number of hydrogen-bond donors (Lipinski definition) is 0.